The van der Waals surface area contributed by atoms with E-state index in [1.165, 1.54) is 0 Å². The second-order valence-corrected chi connectivity index (χ2v) is 4.89. The smallest absolute Gasteiger partial charge is 0.134 e. The largest absolute Gasteiger partial charge is 0.464 e. The molecule has 0 aliphatic carbocycles. The van der Waals surface area contributed by atoms with E-state index >= 15 is 0 Å². The molecule has 2 heterocycles. The van der Waals surface area contributed by atoms with Crippen LogP contribution in [0.5, 0.6) is 0 Å². The zero-order chi connectivity index (χ0) is 13.9. The van der Waals surface area contributed by atoms with Gasteiger partial charge in [-0.15, -0.1) is 0 Å². The van der Waals surface area contributed by atoms with Crippen LogP contribution < -0.4 is 5.32 Å². The molecule has 20 heavy (non-hydrogen) atoms. The molecule has 4 nitrogen and oxygen atoms in total. The molecule has 1 aromatic carbocycles. The number of hydrogen-bond acceptors (Lipinski definition) is 3. The summed E-state index contributed by atoms with van der Waals surface area (Å²) in [5, 5.41) is 4.49. The average molecular weight is 269 g/mol. The molecule has 1 N–H and O–H groups in total. The lowest BCUT2D eigenvalue weighted by atomic mass is 10.1. The summed E-state index contributed by atoms with van der Waals surface area (Å²) in [6.45, 7) is 3.15. The Labute approximate surface area is 118 Å². The van der Waals surface area contributed by atoms with Gasteiger partial charge in [-0.3, -0.25) is 0 Å². The number of hydrogen-bond donors (Lipinski definition) is 1. The topological polar surface area (TPSA) is 43.0 Å². The second kappa shape index (κ2) is 5.51. The van der Waals surface area contributed by atoms with Crippen LogP contribution in [0.15, 0.2) is 47.3 Å². The van der Waals surface area contributed by atoms with E-state index in [1.54, 1.807) is 0 Å². The number of benzene rings is 1. The number of aromatic nitrogens is 2. The molecule has 1 atom stereocenters. The third-order valence-corrected chi connectivity index (χ3v) is 3.58. The van der Waals surface area contributed by atoms with E-state index in [1.807, 2.05) is 43.9 Å². The van der Waals surface area contributed by atoms with E-state index in [2.05, 4.69) is 27.9 Å². The summed E-state index contributed by atoms with van der Waals surface area (Å²) in [5.74, 6) is 1.03. The predicted octanol–water partition coefficient (Wildman–Crippen LogP) is 3.35. The van der Waals surface area contributed by atoms with Crippen molar-refractivity contribution >= 4 is 11.0 Å². The third-order valence-electron chi connectivity index (χ3n) is 3.58. The monoisotopic (exact) mass is 269 g/mol. The minimum absolute atomic E-state index is 0.0419. The van der Waals surface area contributed by atoms with Gasteiger partial charge in [0.05, 0.1) is 12.3 Å². The summed E-state index contributed by atoms with van der Waals surface area (Å²) < 4.78 is 7.85. The first-order valence-electron chi connectivity index (χ1n) is 6.99. The van der Waals surface area contributed by atoms with Crippen LogP contribution in [0.25, 0.3) is 11.0 Å². The quantitative estimate of drug-likeness (QED) is 0.772. The van der Waals surface area contributed by atoms with Gasteiger partial charge in [0, 0.05) is 29.9 Å². The maximum Gasteiger partial charge on any atom is 0.134 e. The molecule has 0 radical (unpaired) electrons. The lowest BCUT2D eigenvalue weighted by Gasteiger charge is -2.16. The molecule has 4 heteroatoms. The molecule has 0 fully saturated rings. The summed E-state index contributed by atoms with van der Waals surface area (Å²) in [7, 11) is 1.96. The van der Waals surface area contributed by atoms with Crippen molar-refractivity contribution < 1.29 is 4.42 Å². The van der Waals surface area contributed by atoms with Crippen LogP contribution in [0.1, 0.15) is 30.8 Å². The summed E-state index contributed by atoms with van der Waals surface area (Å²) in [6, 6.07) is 8.14. The second-order valence-electron chi connectivity index (χ2n) is 4.89. The number of fused-ring (bicyclic) bond motifs is 1. The van der Waals surface area contributed by atoms with Crippen molar-refractivity contribution in [3.63, 3.8) is 0 Å². The van der Waals surface area contributed by atoms with Gasteiger partial charge in [0.15, 0.2) is 0 Å². The van der Waals surface area contributed by atoms with Gasteiger partial charge in [0.1, 0.15) is 11.4 Å². The van der Waals surface area contributed by atoms with Crippen LogP contribution in [-0.4, -0.2) is 16.6 Å². The van der Waals surface area contributed by atoms with Gasteiger partial charge in [0.2, 0.25) is 0 Å². The molecule has 0 amide bonds. The number of rotatable bonds is 5. The van der Waals surface area contributed by atoms with Crippen molar-refractivity contribution in [1.29, 1.82) is 0 Å². The Kier molecular flexibility index (Phi) is 3.56. The Bertz CT molecular complexity index is 698. The molecule has 3 rings (SSSR count). The summed E-state index contributed by atoms with van der Waals surface area (Å²) in [5.41, 5.74) is 2.04. The normalized spacial score (nSPS) is 12.9. The number of nitrogens with one attached hydrogen (secondary N) is 1. The maximum atomic E-state index is 5.65. The molecular weight excluding hydrogens is 250 g/mol. The average Bonchev–Trinajstić information content (AvgIpc) is 3.09. The molecule has 0 saturated carbocycles. The number of nitrogens with zero attached hydrogens (tertiary/aromatic N) is 2. The fraction of sp³-hybridized carbons (Fsp3) is 0.312. The van der Waals surface area contributed by atoms with E-state index in [0.717, 1.165) is 35.3 Å². The van der Waals surface area contributed by atoms with Crippen molar-refractivity contribution in [1.82, 2.24) is 14.9 Å². The summed E-state index contributed by atoms with van der Waals surface area (Å²) >= 11 is 0. The number of para-hydroxylation sites is 1. The minimum Gasteiger partial charge on any atom is -0.464 e. The van der Waals surface area contributed by atoms with Gasteiger partial charge in [-0.2, -0.15) is 0 Å². The Morgan fingerprint density at radius 3 is 3.00 bits per heavy atom. The van der Waals surface area contributed by atoms with Crippen LogP contribution in [0.4, 0.5) is 0 Å². The van der Waals surface area contributed by atoms with Crippen molar-refractivity contribution in [2.45, 2.75) is 25.9 Å². The molecule has 3 aromatic rings. The zero-order valence-corrected chi connectivity index (χ0v) is 11.8. The predicted molar refractivity (Wildman–Crippen MR) is 79.6 cm³/mol. The number of aryl methyl sites for hydroxylation is 1. The number of imidazole rings is 1. The molecular formula is C16H19N3O. The first-order valence-corrected chi connectivity index (χ1v) is 6.99. The van der Waals surface area contributed by atoms with Gasteiger partial charge in [-0.05, 0) is 19.5 Å². The van der Waals surface area contributed by atoms with Crippen LogP contribution in [0, 0.1) is 0 Å². The highest BCUT2D eigenvalue weighted by molar-refractivity contribution is 5.81. The maximum absolute atomic E-state index is 5.65. The van der Waals surface area contributed by atoms with Crippen molar-refractivity contribution in [2.24, 2.45) is 0 Å². The molecule has 0 bridgehead atoms. The van der Waals surface area contributed by atoms with Gasteiger partial charge < -0.3 is 14.3 Å². The van der Waals surface area contributed by atoms with Gasteiger partial charge in [-0.1, -0.05) is 25.1 Å². The first kappa shape index (κ1) is 12.9. The van der Waals surface area contributed by atoms with Crippen molar-refractivity contribution in [2.75, 3.05) is 7.05 Å². The SMILES string of the molecule is CCCn1ccnc1C(NC)c1coc2ccccc12. The van der Waals surface area contributed by atoms with Gasteiger partial charge in [0.25, 0.3) is 0 Å². The lowest BCUT2D eigenvalue weighted by Crippen LogP contribution is -2.21. The molecule has 2 aromatic heterocycles. The van der Waals surface area contributed by atoms with E-state index in [0.29, 0.717) is 0 Å². The molecule has 0 spiro atoms. The highest BCUT2D eigenvalue weighted by Gasteiger charge is 2.21. The van der Waals surface area contributed by atoms with Crippen LogP contribution in [0.3, 0.4) is 0 Å². The summed E-state index contributed by atoms with van der Waals surface area (Å²) in [6.07, 6.45) is 6.81. The van der Waals surface area contributed by atoms with Gasteiger partial charge in [-0.25, -0.2) is 4.98 Å². The third kappa shape index (κ3) is 2.12. The Morgan fingerprint density at radius 1 is 1.35 bits per heavy atom. The fourth-order valence-electron chi connectivity index (χ4n) is 2.66. The molecule has 0 aliphatic heterocycles. The first-order chi connectivity index (χ1) is 9.85. The minimum atomic E-state index is 0.0419. The highest BCUT2D eigenvalue weighted by Crippen LogP contribution is 2.29. The lowest BCUT2D eigenvalue weighted by molar-refractivity contribution is 0.555. The van der Waals surface area contributed by atoms with Crippen molar-refractivity contribution in [3.05, 3.63) is 54.3 Å². The van der Waals surface area contributed by atoms with E-state index in [4.69, 9.17) is 4.42 Å². The van der Waals surface area contributed by atoms with Crippen LogP contribution in [0.2, 0.25) is 0 Å². The Hall–Kier alpha value is -2.07. The fourth-order valence-corrected chi connectivity index (χ4v) is 2.66. The summed E-state index contributed by atoms with van der Waals surface area (Å²) in [4.78, 5) is 4.53. The van der Waals surface area contributed by atoms with Crippen molar-refractivity contribution in [3.8, 4) is 0 Å². The molecule has 0 aliphatic rings. The standard InChI is InChI=1S/C16H19N3O/c1-3-9-19-10-8-18-16(19)15(17-2)13-11-20-14-7-5-4-6-12(13)14/h4-8,10-11,15,17H,3,9H2,1-2H3. The molecule has 1 unspecified atom stereocenters. The number of furan rings is 1. The van der Waals surface area contributed by atoms with Crippen LogP contribution in [-0.2, 0) is 6.54 Å². The van der Waals surface area contributed by atoms with E-state index in [-0.39, 0.29) is 6.04 Å². The highest BCUT2D eigenvalue weighted by atomic mass is 16.3. The Balaban J connectivity index is 2.07. The molecule has 104 valence electrons. The van der Waals surface area contributed by atoms with Gasteiger partial charge >= 0.3 is 0 Å². The molecule has 0 saturated heterocycles. The van der Waals surface area contributed by atoms with Crippen LogP contribution >= 0.6 is 0 Å². The van der Waals surface area contributed by atoms with E-state index < -0.39 is 0 Å². The zero-order valence-electron chi connectivity index (χ0n) is 11.8. The van der Waals surface area contributed by atoms with E-state index in [9.17, 15) is 0 Å². The Morgan fingerprint density at radius 2 is 2.20 bits per heavy atom.